The molecule has 1 fully saturated rings. The molecule has 1 saturated carbocycles. The molecule has 0 radical (unpaired) electrons. The van der Waals surface area contributed by atoms with Gasteiger partial charge in [-0.2, -0.15) is 0 Å². The minimum Gasteiger partial charge on any atom is -0.469 e. The van der Waals surface area contributed by atoms with Gasteiger partial charge < -0.3 is 14.4 Å². The van der Waals surface area contributed by atoms with Gasteiger partial charge in [-0.3, -0.25) is 21.1 Å². The van der Waals surface area contributed by atoms with Crippen LogP contribution in [0.2, 0.25) is 0 Å². The lowest BCUT2D eigenvalue weighted by Crippen LogP contribution is -2.67. The molecule has 0 aromatic heterocycles. The molecule has 1 aliphatic carbocycles. The molecule has 148 valence electrons. The lowest BCUT2D eigenvalue weighted by molar-refractivity contribution is -0.165. The molecule has 0 spiro atoms. The number of nitrogens with two attached hydrogens (primary N) is 2. The second kappa shape index (κ2) is 7.81. The van der Waals surface area contributed by atoms with Crippen molar-refractivity contribution in [3.63, 3.8) is 0 Å². The van der Waals surface area contributed by atoms with Crippen molar-refractivity contribution in [1.29, 1.82) is 0 Å². The Kier molecular flexibility index (Phi) is 6.67. The van der Waals surface area contributed by atoms with E-state index in [0.717, 1.165) is 20.0 Å². The number of methoxy groups -OCH3 is 1. The van der Waals surface area contributed by atoms with Crippen LogP contribution in [0.1, 0.15) is 47.0 Å². The normalized spacial score (nSPS) is 20.3. The predicted octanol–water partition coefficient (Wildman–Crippen LogP) is -0.190. The van der Waals surface area contributed by atoms with E-state index in [1.165, 1.54) is 0 Å². The van der Waals surface area contributed by atoms with E-state index in [4.69, 9.17) is 16.3 Å². The molecule has 0 unspecified atom stereocenters. The van der Waals surface area contributed by atoms with Crippen LogP contribution in [0.15, 0.2) is 0 Å². The van der Waals surface area contributed by atoms with Crippen LogP contribution in [-0.2, 0) is 28.8 Å². The van der Waals surface area contributed by atoms with Crippen molar-refractivity contribution in [3.05, 3.63) is 0 Å². The van der Waals surface area contributed by atoms with E-state index >= 15 is 0 Å². The van der Waals surface area contributed by atoms with Crippen molar-refractivity contribution in [1.82, 2.24) is 5.48 Å². The first-order chi connectivity index (χ1) is 11.8. The number of nitrogens with one attached hydrogen (secondary N) is 1. The van der Waals surface area contributed by atoms with Crippen LogP contribution in [0.4, 0.5) is 0 Å². The molecule has 0 aliphatic heterocycles. The van der Waals surface area contributed by atoms with Gasteiger partial charge in [0.1, 0.15) is 12.3 Å². The zero-order valence-corrected chi connectivity index (χ0v) is 16.0. The fraction of sp³-hybridized carbons (Fsp3) is 0.765. The van der Waals surface area contributed by atoms with E-state index in [2.05, 4.69) is 10.2 Å². The van der Waals surface area contributed by atoms with Crippen LogP contribution in [0.5, 0.6) is 0 Å². The number of aldehydes is 1. The number of ketones is 1. The molecule has 9 heteroatoms. The first kappa shape index (κ1) is 22.2. The van der Waals surface area contributed by atoms with Crippen LogP contribution in [0.25, 0.3) is 0 Å². The summed E-state index contributed by atoms with van der Waals surface area (Å²) in [5.41, 5.74) is 10.6. The average molecular weight is 371 g/mol. The van der Waals surface area contributed by atoms with Crippen LogP contribution in [0.3, 0.4) is 0 Å². The van der Waals surface area contributed by atoms with Crippen molar-refractivity contribution >= 4 is 24.0 Å². The summed E-state index contributed by atoms with van der Waals surface area (Å²) in [6, 6.07) is -1.14. The number of hydrogen-bond acceptors (Lipinski definition) is 9. The monoisotopic (exact) mass is 371 g/mol. The standard InChI is InChI=1S/C17H29N3O6/c1-15(2)6-7-16(3,4)12(15)13(23)17(18,19)14(24)26-20-10(9-21)8-11(22)25-5/h9-10,12,20H,6-8,18-19H2,1-5H3/t10-/m0/s1. The molecule has 1 atom stereocenters. The van der Waals surface area contributed by atoms with Gasteiger partial charge in [0.15, 0.2) is 5.78 Å². The molecule has 0 saturated heterocycles. The molecule has 26 heavy (non-hydrogen) atoms. The van der Waals surface area contributed by atoms with E-state index in [0.29, 0.717) is 6.29 Å². The first-order valence-electron chi connectivity index (χ1n) is 8.40. The van der Waals surface area contributed by atoms with Gasteiger partial charge in [-0.15, -0.1) is 5.48 Å². The number of rotatable bonds is 8. The summed E-state index contributed by atoms with van der Waals surface area (Å²) in [7, 11) is 1.16. The topological polar surface area (TPSA) is 151 Å². The summed E-state index contributed by atoms with van der Waals surface area (Å²) in [5, 5.41) is 0. The molecule has 0 amide bonds. The van der Waals surface area contributed by atoms with Gasteiger partial charge in [0.25, 0.3) is 0 Å². The summed E-state index contributed by atoms with van der Waals surface area (Å²) in [6.07, 6.45) is 1.61. The maximum atomic E-state index is 13.0. The Morgan fingerprint density at radius 1 is 1.19 bits per heavy atom. The van der Waals surface area contributed by atoms with Gasteiger partial charge in [-0.1, -0.05) is 27.7 Å². The highest BCUT2D eigenvalue weighted by atomic mass is 16.7. The van der Waals surface area contributed by atoms with Gasteiger partial charge in [-0.25, -0.2) is 4.79 Å². The molecule has 0 aromatic rings. The van der Waals surface area contributed by atoms with Gasteiger partial charge in [0.2, 0.25) is 5.66 Å². The quantitative estimate of drug-likeness (QED) is 0.173. The molecular formula is C17H29N3O6. The highest BCUT2D eigenvalue weighted by molar-refractivity contribution is 6.09. The maximum absolute atomic E-state index is 13.0. The number of Topliss-reactive ketones (excluding diaryl/α,β-unsaturated/α-hetero) is 1. The largest absolute Gasteiger partial charge is 0.469 e. The summed E-state index contributed by atoms with van der Waals surface area (Å²) in [6.45, 7) is 7.73. The molecule has 1 aliphatic rings. The van der Waals surface area contributed by atoms with Crippen LogP contribution >= 0.6 is 0 Å². The van der Waals surface area contributed by atoms with Crippen molar-refractivity contribution < 1.29 is 28.8 Å². The third-order valence-corrected chi connectivity index (χ3v) is 5.07. The SMILES string of the molecule is COC(=O)C[C@@H](C=O)NOC(=O)C(N)(N)C(=O)C1C(C)(C)CCC1(C)C. The molecule has 0 bridgehead atoms. The Morgan fingerprint density at radius 3 is 2.12 bits per heavy atom. The summed E-state index contributed by atoms with van der Waals surface area (Å²) in [5.74, 6) is -3.05. The molecule has 0 aromatic carbocycles. The Morgan fingerprint density at radius 2 is 1.69 bits per heavy atom. The van der Waals surface area contributed by atoms with E-state index in [-0.39, 0.29) is 17.3 Å². The molecule has 5 N–H and O–H groups in total. The maximum Gasteiger partial charge on any atom is 0.367 e. The minimum atomic E-state index is -2.38. The number of carbonyl (C=O) groups is 4. The van der Waals surface area contributed by atoms with Gasteiger partial charge in [0.05, 0.1) is 13.5 Å². The number of hydroxylamine groups is 1. The average Bonchev–Trinajstić information content (AvgIpc) is 2.77. The van der Waals surface area contributed by atoms with E-state index in [1.807, 2.05) is 27.7 Å². The minimum absolute atomic E-state index is 0.355. The second-order valence-corrected chi connectivity index (χ2v) is 8.17. The fourth-order valence-corrected chi connectivity index (χ4v) is 3.63. The molecule has 0 heterocycles. The first-order valence-corrected chi connectivity index (χ1v) is 8.40. The van der Waals surface area contributed by atoms with Crippen molar-refractivity contribution in [2.24, 2.45) is 28.2 Å². The van der Waals surface area contributed by atoms with E-state index < -0.39 is 35.3 Å². The summed E-state index contributed by atoms with van der Waals surface area (Å²) >= 11 is 0. The molecule has 1 rings (SSSR count). The van der Waals surface area contributed by atoms with Crippen LogP contribution < -0.4 is 16.9 Å². The second-order valence-electron chi connectivity index (χ2n) is 8.17. The number of hydrogen-bond donors (Lipinski definition) is 3. The molecule has 9 nitrogen and oxygen atoms in total. The summed E-state index contributed by atoms with van der Waals surface area (Å²) < 4.78 is 4.43. The Bertz CT molecular complexity index is 569. The Labute approximate surface area is 153 Å². The van der Waals surface area contributed by atoms with Crippen molar-refractivity contribution in [2.75, 3.05) is 7.11 Å². The fourth-order valence-electron chi connectivity index (χ4n) is 3.63. The smallest absolute Gasteiger partial charge is 0.367 e. The lowest BCUT2D eigenvalue weighted by atomic mass is 9.67. The predicted molar refractivity (Wildman–Crippen MR) is 92.1 cm³/mol. The number of carbonyl (C=O) groups excluding carboxylic acids is 4. The van der Waals surface area contributed by atoms with Gasteiger partial charge >= 0.3 is 11.9 Å². The summed E-state index contributed by atoms with van der Waals surface area (Å²) in [4.78, 5) is 52.1. The lowest BCUT2D eigenvalue weighted by Gasteiger charge is -2.37. The van der Waals surface area contributed by atoms with Gasteiger partial charge in [-0.05, 0) is 23.7 Å². The molecular weight excluding hydrogens is 342 g/mol. The third-order valence-electron chi connectivity index (χ3n) is 5.07. The third kappa shape index (κ3) is 4.66. The zero-order valence-electron chi connectivity index (χ0n) is 16.0. The Hall–Kier alpha value is -1.84. The van der Waals surface area contributed by atoms with Crippen molar-refractivity contribution in [2.45, 2.75) is 58.7 Å². The van der Waals surface area contributed by atoms with Crippen molar-refractivity contribution in [3.8, 4) is 0 Å². The highest BCUT2D eigenvalue weighted by Gasteiger charge is 2.56. The van der Waals surface area contributed by atoms with E-state index in [9.17, 15) is 19.2 Å². The number of ether oxygens (including phenoxy) is 1. The van der Waals surface area contributed by atoms with Crippen LogP contribution in [0, 0.1) is 16.7 Å². The van der Waals surface area contributed by atoms with Gasteiger partial charge in [0, 0.05) is 5.92 Å². The zero-order chi connectivity index (χ0) is 20.3. The van der Waals surface area contributed by atoms with Crippen LogP contribution in [-0.4, -0.2) is 42.8 Å². The number of esters is 1. The highest BCUT2D eigenvalue weighted by Crippen LogP contribution is 2.54. The Balaban J connectivity index is 2.85. The van der Waals surface area contributed by atoms with E-state index in [1.54, 1.807) is 0 Å².